The van der Waals surface area contributed by atoms with Gasteiger partial charge in [0.1, 0.15) is 6.04 Å². The summed E-state index contributed by atoms with van der Waals surface area (Å²) in [7, 11) is 0. The van der Waals surface area contributed by atoms with Gasteiger partial charge in [-0.15, -0.1) is 11.3 Å². The zero-order chi connectivity index (χ0) is 16.9. The Bertz CT molecular complexity index is 731. The molecule has 0 bridgehead atoms. The van der Waals surface area contributed by atoms with E-state index in [-0.39, 0.29) is 30.7 Å². The maximum absolute atomic E-state index is 12.3. The minimum absolute atomic E-state index is 0.160. The Balaban J connectivity index is 1.64. The van der Waals surface area contributed by atoms with Crippen LogP contribution in [0.4, 0.5) is 4.79 Å². The van der Waals surface area contributed by atoms with E-state index in [4.69, 9.17) is 0 Å². The maximum Gasteiger partial charge on any atom is 0.322 e. The lowest BCUT2D eigenvalue weighted by molar-refractivity contribution is -0.122. The van der Waals surface area contributed by atoms with Crippen LogP contribution in [0, 0.1) is 0 Å². The van der Waals surface area contributed by atoms with Gasteiger partial charge in [0.25, 0.3) is 5.91 Å². The lowest BCUT2D eigenvalue weighted by Gasteiger charge is -2.18. The molecular formula is C17H17N3O3S. The highest BCUT2D eigenvalue weighted by Gasteiger charge is 2.29. The van der Waals surface area contributed by atoms with Gasteiger partial charge in [0.05, 0.1) is 6.04 Å². The number of carbonyl (C=O) groups excluding carboxylic acids is 3. The van der Waals surface area contributed by atoms with Crippen molar-refractivity contribution in [1.29, 1.82) is 0 Å². The number of hydrogen-bond acceptors (Lipinski definition) is 4. The standard InChI is InChI=1S/C17H17N3O3S/c21-14(9-8-12-16(22)20-17(23)18-12)19-15(13-7-4-10-24-13)11-5-2-1-3-6-11/h1-7,10,12,15H,8-9H2,(H,19,21)(H2,18,20,22,23)/t12-,15-/m1/s1. The fraction of sp³-hybridized carbons (Fsp3) is 0.235. The smallest absolute Gasteiger partial charge is 0.322 e. The van der Waals surface area contributed by atoms with E-state index in [1.807, 2.05) is 47.8 Å². The normalized spacial score (nSPS) is 17.9. The molecule has 0 unspecified atom stereocenters. The zero-order valence-electron chi connectivity index (χ0n) is 12.8. The summed E-state index contributed by atoms with van der Waals surface area (Å²) in [5, 5.41) is 9.64. The van der Waals surface area contributed by atoms with Crippen LogP contribution in [0.2, 0.25) is 0 Å². The molecule has 1 aromatic carbocycles. The van der Waals surface area contributed by atoms with Crippen molar-refractivity contribution in [1.82, 2.24) is 16.0 Å². The lowest BCUT2D eigenvalue weighted by Crippen LogP contribution is -2.33. The van der Waals surface area contributed by atoms with E-state index in [1.54, 1.807) is 11.3 Å². The minimum Gasteiger partial charge on any atom is -0.344 e. The Kier molecular flexibility index (Phi) is 4.90. The van der Waals surface area contributed by atoms with Crippen LogP contribution in [0.5, 0.6) is 0 Å². The number of thiophene rings is 1. The van der Waals surface area contributed by atoms with Gasteiger partial charge in [-0.1, -0.05) is 36.4 Å². The van der Waals surface area contributed by atoms with Gasteiger partial charge < -0.3 is 10.6 Å². The summed E-state index contributed by atoms with van der Waals surface area (Å²) >= 11 is 1.58. The summed E-state index contributed by atoms with van der Waals surface area (Å²) in [6, 6.07) is 12.3. The van der Waals surface area contributed by atoms with E-state index in [2.05, 4.69) is 16.0 Å². The van der Waals surface area contributed by atoms with E-state index in [0.717, 1.165) is 10.4 Å². The molecule has 1 aliphatic rings. The molecule has 6 nitrogen and oxygen atoms in total. The summed E-state index contributed by atoms with van der Waals surface area (Å²) < 4.78 is 0. The third kappa shape index (κ3) is 3.80. The maximum atomic E-state index is 12.3. The van der Waals surface area contributed by atoms with Crippen molar-refractivity contribution in [2.24, 2.45) is 0 Å². The fourth-order valence-corrected chi connectivity index (χ4v) is 3.39. The summed E-state index contributed by atoms with van der Waals surface area (Å²) in [5.74, 6) is -0.545. The summed E-state index contributed by atoms with van der Waals surface area (Å²) in [5.41, 5.74) is 1.00. The Morgan fingerprint density at radius 2 is 1.96 bits per heavy atom. The molecule has 7 heteroatoms. The Labute approximate surface area is 143 Å². The number of hydrogen-bond donors (Lipinski definition) is 3. The van der Waals surface area contributed by atoms with E-state index in [9.17, 15) is 14.4 Å². The molecule has 1 saturated heterocycles. The largest absolute Gasteiger partial charge is 0.344 e. The molecule has 1 aromatic heterocycles. The van der Waals surface area contributed by atoms with Gasteiger partial charge in [0.2, 0.25) is 5.91 Å². The lowest BCUT2D eigenvalue weighted by atomic mass is 10.0. The second-order valence-corrected chi connectivity index (χ2v) is 6.46. The molecule has 1 aliphatic heterocycles. The summed E-state index contributed by atoms with van der Waals surface area (Å²) in [4.78, 5) is 35.9. The first-order chi connectivity index (χ1) is 11.6. The highest BCUT2D eigenvalue weighted by atomic mass is 32.1. The molecule has 2 aromatic rings. The van der Waals surface area contributed by atoms with E-state index in [0.29, 0.717) is 0 Å². The predicted octanol–water partition coefficient (Wildman–Crippen LogP) is 1.94. The number of amides is 4. The highest BCUT2D eigenvalue weighted by molar-refractivity contribution is 7.10. The molecule has 2 atom stereocenters. The average molecular weight is 343 g/mol. The topological polar surface area (TPSA) is 87.3 Å². The summed E-state index contributed by atoms with van der Waals surface area (Å²) in [6.45, 7) is 0. The number of nitrogens with one attached hydrogen (secondary N) is 3. The SMILES string of the molecule is O=C(CC[C@H]1NC(=O)NC1=O)N[C@H](c1ccccc1)c1cccs1. The van der Waals surface area contributed by atoms with Crippen LogP contribution < -0.4 is 16.0 Å². The van der Waals surface area contributed by atoms with Gasteiger partial charge in [0.15, 0.2) is 0 Å². The van der Waals surface area contributed by atoms with Crippen LogP contribution in [-0.4, -0.2) is 23.9 Å². The van der Waals surface area contributed by atoms with Gasteiger partial charge in [-0.25, -0.2) is 4.79 Å². The van der Waals surface area contributed by atoms with Gasteiger partial charge in [-0.2, -0.15) is 0 Å². The molecule has 1 fully saturated rings. The second-order valence-electron chi connectivity index (χ2n) is 5.48. The van der Waals surface area contributed by atoms with Crippen LogP contribution in [0.1, 0.15) is 29.3 Å². The Morgan fingerprint density at radius 1 is 1.17 bits per heavy atom. The van der Waals surface area contributed by atoms with Gasteiger partial charge >= 0.3 is 6.03 Å². The van der Waals surface area contributed by atoms with Crippen LogP contribution in [0.15, 0.2) is 47.8 Å². The molecule has 0 spiro atoms. The molecule has 0 saturated carbocycles. The second kappa shape index (κ2) is 7.27. The van der Waals surface area contributed by atoms with Crippen LogP contribution in [0.25, 0.3) is 0 Å². The molecule has 24 heavy (non-hydrogen) atoms. The van der Waals surface area contributed by atoms with Crippen molar-refractivity contribution in [3.8, 4) is 0 Å². The first-order valence-corrected chi connectivity index (χ1v) is 8.50. The van der Waals surface area contributed by atoms with E-state index >= 15 is 0 Å². The summed E-state index contributed by atoms with van der Waals surface area (Å²) in [6.07, 6.45) is 0.433. The van der Waals surface area contributed by atoms with Gasteiger partial charge in [-0.3, -0.25) is 14.9 Å². The number of carbonyl (C=O) groups is 3. The zero-order valence-corrected chi connectivity index (χ0v) is 13.6. The van der Waals surface area contributed by atoms with Crippen LogP contribution >= 0.6 is 11.3 Å². The Morgan fingerprint density at radius 3 is 2.58 bits per heavy atom. The molecule has 3 N–H and O–H groups in total. The molecular weight excluding hydrogens is 326 g/mol. The van der Waals surface area contributed by atoms with Crippen LogP contribution in [0.3, 0.4) is 0 Å². The first-order valence-electron chi connectivity index (χ1n) is 7.62. The average Bonchev–Trinajstić information content (AvgIpc) is 3.21. The molecule has 3 rings (SSSR count). The monoisotopic (exact) mass is 343 g/mol. The molecule has 0 radical (unpaired) electrons. The molecule has 2 heterocycles. The fourth-order valence-electron chi connectivity index (χ4n) is 2.59. The van der Waals surface area contributed by atoms with Crippen molar-refractivity contribution in [3.05, 3.63) is 58.3 Å². The number of urea groups is 1. The van der Waals surface area contributed by atoms with E-state index < -0.39 is 12.1 Å². The first kappa shape index (κ1) is 16.2. The number of imide groups is 1. The van der Waals surface area contributed by atoms with Gasteiger partial charge in [-0.05, 0) is 23.4 Å². The molecule has 4 amide bonds. The number of benzene rings is 1. The predicted molar refractivity (Wildman–Crippen MR) is 90.4 cm³/mol. The van der Waals surface area contributed by atoms with Crippen LogP contribution in [-0.2, 0) is 9.59 Å². The van der Waals surface area contributed by atoms with Crippen molar-refractivity contribution in [3.63, 3.8) is 0 Å². The minimum atomic E-state index is -0.639. The molecule has 124 valence electrons. The third-order valence-electron chi connectivity index (χ3n) is 3.78. The van der Waals surface area contributed by atoms with Crippen molar-refractivity contribution < 1.29 is 14.4 Å². The van der Waals surface area contributed by atoms with Gasteiger partial charge in [0, 0.05) is 11.3 Å². The Hall–Kier alpha value is -2.67. The van der Waals surface area contributed by atoms with E-state index in [1.165, 1.54) is 0 Å². The van der Waals surface area contributed by atoms with Crippen molar-refractivity contribution >= 4 is 29.2 Å². The van der Waals surface area contributed by atoms with Crippen molar-refractivity contribution in [2.75, 3.05) is 0 Å². The van der Waals surface area contributed by atoms with Crippen molar-refractivity contribution in [2.45, 2.75) is 24.9 Å². The quantitative estimate of drug-likeness (QED) is 0.701. The molecule has 0 aliphatic carbocycles. The third-order valence-corrected chi connectivity index (χ3v) is 4.72. The number of rotatable bonds is 6. The highest BCUT2D eigenvalue weighted by Crippen LogP contribution is 2.26.